The number of hydrogen-bond donors (Lipinski definition) is 1. The van der Waals surface area contributed by atoms with Gasteiger partial charge in [0.2, 0.25) is 0 Å². The average molecular weight is 199 g/mol. The van der Waals surface area contributed by atoms with E-state index in [1.807, 2.05) is 13.8 Å². The van der Waals surface area contributed by atoms with Crippen molar-refractivity contribution in [3.8, 4) is 0 Å². The molecule has 15 heavy (non-hydrogen) atoms. The molecule has 0 aromatic heterocycles. The maximum absolute atomic E-state index is 6.17. The molecule has 0 radical (unpaired) electrons. The SMILES string of the molecule is Cc1cccc2c(C(C)(C)N)cccc12. The van der Waals surface area contributed by atoms with E-state index in [0.29, 0.717) is 0 Å². The summed E-state index contributed by atoms with van der Waals surface area (Å²) in [6, 6.07) is 12.7. The number of fused-ring (bicyclic) bond motifs is 1. The smallest absolute Gasteiger partial charge is 0.0358 e. The van der Waals surface area contributed by atoms with Crippen molar-refractivity contribution in [2.75, 3.05) is 0 Å². The van der Waals surface area contributed by atoms with E-state index in [1.165, 1.54) is 21.9 Å². The minimum absolute atomic E-state index is 0.284. The third-order valence-electron chi connectivity index (χ3n) is 2.83. The maximum atomic E-state index is 6.17. The normalized spacial score (nSPS) is 12.0. The number of hydrogen-bond acceptors (Lipinski definition) is 1. The third kappa shape index (κ3) is 1.75. The van der Waals surface area contributed by atoms with E-state index in [-0.39, 0.29) is 5.54 Å². The van der Waals surface area contributed by atoms with E-state index >= 15 is 0 Å². The van der Waals surface area contributed by atoms with E-state index in [1.54, 1.807) is 0 Å². The molecule has 1 heteroatoms. The van der Waals surface area contributed by atoms with Gasteiger partial charge in [0.1, 0.15) is 0 Å². The van der Waals surface area contributed by atoms with Crippen LogP contribution in [0.15, 0.2) is 36.4 Å². The highest BCUT2D eigenvalue weighted by atomic mass is 14.7. The fourth-order valence-electron chi connectivity index (χ4n) is 2.03. The Kier molecular flexibility index (Phi) is 2.28. The molecule has 0 aliphatic rings. The molecular weight excluding hydrogens is 182 g/mol. The van der Waals surface area contributed by atoms with Crippen LogP contribution in [0.4, 0.5) is 0 Å². The summed E-state index contributed by atoms with van der Waals surface area (Å²) in [4.78, 5) is 0. The van der Waals surface area contributed by atoms with Gasteiger partial charge >= 0.3 is 0 Å². The first-order chi connectivity index (χ1) is 7.00. The Labute approximate surface area is 90.9 Å². The molecule has 0 aliphatic heterocycles. The number of benzene rings is 2. The van der Waals surface area contributed by atoms with Gasteiger partial charge in [-0.3, -0.25) is 0 Å². The van der Waals surface area contributed by atoms with Crippen molar-refractivity contribution in [1.82, 2.24) is 0 Å². The first-order valence-electron chi connectivity index (χ1n) is 5.28. The minimum atomic E-state index is -0.284. The highest BCUT2D eigenvalue weighted by Gasteiger charge is 2.16. The second-order valence-electron chi connectivity index (χ2n) is 4.70. The lowest BCUT2D eigenvalue weighted by Crippen LogP contribution is -2.28. The molecule has 0 fully saturated rings. The Hall–Kier alpha value is -1.34. The van der Waals surface area contributed by atoms with Crippen LogP contribution < -0.4 is 5.73 Å². The van der Waals surface area contributed by atoms with E-state index in [4.69, 9.17) is 5.73 Å². The summed E-state index contributed by atoms with van der Waals surface area (Å²) in [7, 11) is 0. The van der Waals surface area contributed by atoms with Gasteiger partial charge in [-0.25, -0.2) is 0 Å². The van der Waals surface area contributed by atoms with Crippen molar-refractivity contribution in [1.29, 1.82) is 0 Å². The first kappa shape index (κ1) is 10.2. The van der Waals surface area contributed by atoms with Gasteiger partial charge in [0.05, 0.1) is 0 Å². The van der Waals surface area contributed by atoms with Crippen molar-refractivity contribution in [3.63, 3.8) is 0 Å². The second kappa shape index (κ2) is 3.35. The summed E-state index contributed by atoms with van der Waals surface area (Å²) in [6.45, 7) is 6.23. The van der Waals surface area contributed by atoms with E-state index in [0.717, 1.165) is 0 Å². The molecule has 0 unspecified atom stereocenters. The molecular formula is C14H17N. The van der Waals surface area contributed by atoms with Crippen LogP contribution in [0, 0.1) is 6.92 Å². The van der Waals surface area contributed by atoms with Crippen LogP contribution in [-0.4, -0.2) is 0 Å². The molecule has 0 aliphatic carbocycles. The predicted octanol–water partition coefficient (Wildman–Crippen LogP) is 3.34. The molecule has 2 N–H and O–H groups in total. The van der Waals surface area contributed by atoms with Crippen LogP contribution in [0.25, 0.3) is 10.8 Å². The summed E-state index contributed by atoms with van der Waals surface area (Å²) in [6.07, 6.45) is 0. The van der Waals surface area contributed by atoms with Gasteiger partial charge in [0, 0.05) is 5.54 Å². The Morgan fingerprint density at radius 1 is 0.933 bits per heavy atom. The lowest BCUT2D eigenvalue weighted by atomic mass is 9.89. The molecule has 0 amide bonds. The Bertz CT molecular complexity index is 492. The van der Waals surface area contributed by atoms with Crippen molar-refractivity contribution >= 4 is 10.8 Å². The zero-order valence-electron chi connectivity index (χ0n) is 9.54. The second-order valence-corrected chi connectivity index (χ2v) is 4.70. The van der Waals surface area contributed by atoms with Crippen LogP contribution in [0.3, 0.4) is 0 Å². The lowest BCUT2D eigenvalue weighted by Gasteiger charge is -2.21. The van der Waals surface area contributed by atoms with Crippen LogP contribution in [0.5, 0.6) is 0 Å². The molecule has 2 aromatic carbocycles. The summed E-state index contributed by atoms with van der Waals surface area (Å²) < 4.78 is 0. The van der Waals surface area contributed by atoms with Gasteiger partial charge in [-0.05, 0) is 42.7 Å². The van der Waals surface area contributed by atoms with E-state index in [2.05, 4.69) is 43.3 Å². The Morgan fingerprint density at radius 3 is 2.20 bits per heavy atom. The molecule has 0 saturated heterocycles. The van der Waals surface area contributed by atoms with Crippen LogP contribution in [0.1, 0.15) is 25.0 Å². The van der Waals surface area contributed by atoms with Crippen LogP contribution in [0.2, 0.25) is 0 Å². The summed E-state index contributed by atoms with van der Waals surface area (Å²) in [5.41, 5.74) is 8.40. The highest BCUT2D eigenvalue weighted by molar-refractivity contribution is 5.89. The van der Waals surface area contributed by atoms with Gasteiger partial charge in [-0.1, -0.05) is 36.4 Å². The Balaban J connectivity index is 2.83. The largest absolute Gasteiger partial charge is 0.322 e. The minimum Gasteiger partial charge on any atom is -0.322 e. The summed E-state index contributed by atoms with van der Waals surface area (Å²) in [5, 5.41) is 2.57. The zero-order valence-corrected chi connectivity index (χ0v) is 9.54. The van der Waals surface area contributed by atoms with Crippen molar-refractivity contribution in [2.45, 2.75) is 26.3 Å². The molecule has 0 bridgehead atoms. The molecule has 78 valence electrons. The van der Waals surface area contributed by atoms with E-state index < -0.39 is 0 Å². The fourth-order valence-corrected chi connectivity index (χ4v) is 2.03. The molecule has 0 heterocycles. The summed E-state index contributed by atoms with van der Waals surface area (Å²) >= 11 is 0. The first-order valence-corrected chi connectivity index (χ1v) is 5.28. The average Bonchev–Trinajstić information content (AvgIpc) is 2.16. The van der Waals surface area contributed by atoms with Crippen LogP contribution >= 0.6 is 0 Å². The standard InChI is InChI=1S/C14H17N/c1-10-6-4-8-12-11(10)7-5-9-13(12)14(2,3)15/h4-9H,15H2,1-3H3. The monoisotopic (exact) mass is 199 g/mol. The topological polar surface area (TPSA) is 26.0 Å². The predicted molar refractivity (Wildman–Crippen MR) is 65.9 cm³/mol. The van der Waals surface area contributed by atoms with Gasteiger partial charge in [0.25, 0.3) is 0 Å². The lowest BCUT2D eigenvalue weighted by molar-refractivity contribution is 0.559. The Morgan fingerprint density at radius 2 is 1.53 bits per heavy atom. The molecule has 2 rings (SSSR count). The fraction of sp³-hybridized carbons (Fsp3) is 0.286. The number of aryl methyl sites for hydroxylation is 1. The van der Waals surface area contributed by atoms with Gasteiger partial charge in [-0.2, -0.15) is 0 Å². The molecule has 1 nitrogen and oxygen atoms in total. The van der Waals surface area contributed by atoms with Crippen molar-refractivity contribution in [3.05, 3.63) is 47.5 Å². The van der Waals surface area contributed by atoms with Gasteiger partial charge in [-0.15, -0.1) is 0 Å². The highest BCUT2D eigenvalue weighted by Crippen LogP contribution is 2.28. The van der Waals surface area contributed by atoms with Crippen molar-refractivity contribution in [2.24, 2.45) is 5.73 Å². The van der Waals surface area contributed by atoms with Gasteiger partial charge in [0.15, 0.2) is 0 Å². The molecule has 2 aromatic rings. The van der Waals surface area contributed by atoms with Gasteiger partial charge < -0.3 is 5.73 Å². The summed E-state index contributed by atoms with van der Waals surface area (Å²) in [5.74, 6) is 0. The molecule has 0 saturated carbocycles. The number of nitrogens with two attached hydrogens (primary N) is 1. The van der Waals surface area contributed by atoms with Crippen LogP contribution in [-0.2, 0) is 5.54 Å². The third-order valence-corrected chi connectivity index (χ3v) is 2.83. The molecule has 0 atom stereocenters. The maximum Gasteiger partial charge on any atom is 0.0358 e. The number of rotatable bonds is 1. The quantitative estimate of drug-likeness (QED) is 0.749. The zero-order chi connectivity index (χ0) is 11.1. The molecule has 0 spiro atoms. The van der Waals surface area contributed by atoms with E-state index in [9.17, 15) is 0 Å². The van der Waals surface area contributed by atoms with Crippen molar-refractivity contribution < 1.29 is 0 Å².